The van der Waals surface area contributed by atoms with Gasteiger partial charge in [0.05, 0.1) is 12.1 Å². The minimum atomic E-state index is 0.0355. The number of hydrogen-bond donors (Lipinski definition) is 1. The van der Waals surface area contributed by atoms with Crippen LogP contribution in [0.15, 0.2) is 16.2 Å². The van der Waals surface area contributed by atoms with E-state index in [-0.39, 0.29) is 11.9 Å². The molecule has 1 aromatic heterocycles. The van der Waals surface area contributed by atoms with Gasteiger partial charge in [0.15, 0.2) is 0 Å². The fourth-order valence-corrected chi connectivity index (χ4v) is 2.56. The van der Waals surface area contributed by atoms with E-state index in [1.807, 2.05) is 13.8 Å². The lowest BCUT2D eigenvalue weighted by atomic mass is 9.94. The summed E-state index contributed by atoms with van der Waals surface area (Å²) in [6.45, 7) is 5.77. The molecule has 1 aliphatic rings. The maximum Gasteiger partial charge on any atom is 0.225 e. The number of carbonyl (C=O) groups excluding carboxylic acids is 1. The molecule has 1 atom stereocenters. The summed E-state index contributed by atoms with van der Waals surface area (Å²) in [5.74, 6) is 0.769. The molecule has 0 aromatic carbocycles. The van der Waals surface area contributed by atoms with E-state index < -0.39 is 0 Å². The van der Waals surface area contributed by atoms with Crippen molar-refractivity contribution in [2.75, 3.05) is 0 Å². The van der Waals surface area contributed by atoms with Gasteiger partial charge < -0.3 is 9.84 Å². The lowest BCUT2D eigenvalue weighted by Gasteiger charge is -2.20. The molecule has 0 fully saturated rings. The highest BCUT2D eigenvalue weighted by molar-refractivity contribution is 5.79. The third-order valence-corrected chi connectivity index (χ3v) is 3.78. The molecule has 2 rings (SSSR count). The average molecular weight is 262 g/mol. The van der Waals surface area contributed by atoms with Crippen LogP contribution in [0.1, 0.15) is 49.6 Å². The molecule has 1 amide bonds. The van der Waals surface area contributed by atoms with Gasteiger partial charge in [0.1, 0.15) is 5.76 Å². The molecule has 0 bridgehead atoms. The summed E-state index contributed by atoms with van der Waals surface area (Å²) >= 11 is 0. The number of aromatic nitrogens is 1. The molecule has 19 heavy (non-hydrogen) atoms. The number of amides is 1. The minimum absolute atomic E-state index is 0.0355. The number of hydrogen-bond acceptors (Lipinski definition) is 3. The van der Waals surface area contributed by atoms with Crippen LogP contribution >= 0.6 is 0 Å². The Kier molecular flexibility index (Phi) is 4.40. The highest BCUT2D eigenvalue weighted by Gasteiger charge is 2.17. The molecule has 0 spiro atoms. The number of nitrogens with one attached hydrogen (secondary N) is 1. The highest BCUT2D eigenvalue weighted by atomic mass is 16.5. The topological polar surface area (TPSA) is 55.1 Å². The summed E-state index contributed by atoms with van der Waals surface area (Å²) < 4.78 is 5.08. The summed E-state index contributed by atoms with van der Waals surface area (Å²) in [6.07, 6.45) is 7.36. The third kappa shape index (κ3) is 3.46. The van der Waals surface area contributed by atoms with Gasteiger partial charge in [-0.2, -0.15) is 0 Å². The van der Waals surface area contributed by atoms with E-state index in [1.54, 1.807) is 0 Å². The van der Waals surface area contributed by atoms with E-state index in [1.165, 1.54) is 18.4 Å². The van der Waals surface area contributed by atoms with Gasteiger partial charge in [-0.05, 0) is 46.5 Å². The SMILES string of the molecule is Cc1noc(C)c1CC(=O)N[C@H](C)C1=CCCCC1. The third-order valence-electron chi connectivity index (χ3n) is 3.78. The fraction of sp³-hybridized carbons (Fsp3) is 0.600. The van der Waals surface area contributed by atoms with E-state index in [9.17, 15) is 4.79 Å². The molecule has 0 radical (unpaired) electrons. The Hall–Kier alpha value is -1.58. The average Bonchev–Trinajstić information content (AvgIpc) is 2.71. The second-order valence-corrected chi connectivity index (χ2v) is 5.29. The summed E-state index contributed by atoms with van der Waals surface area (Å²) in [6, 6.07) is 0.133. The quantitative estimate of drug-likeness (QED) is 0.849. The van der Waals surface area contributed by atoms with Gasteiger partial charge in [0, 0.05) is 11.6 Å². The van der Waals surface area contributed by atoms with Crippen molar-refractivity contribution < 1.29 is 9.32 Å². The fourth-order valence-electron chi connectivity index (χ4n) is 2.56. The lowest BCUT2D eigenvalue weighted by molar-refractivity contribution is -0.120. The number of aryl methyl sites for hydroxylation is 2. The second-order valence-electron chi connectivity index (χ2n) is 5.29. The van der Waals surface area contributed by atoms with Crippen molar-refractivity contribution in [2.45, 2.75) is 58.9 Å². The molecule has 1 aliphatic carbocycles. The maximum absolute atomic E-state index is 12.1. The maximum atomic E-state index is 12.1. The van der Waals surface area contributed by atoms with E-state index in [0.29, 0.717) is 6.42 Å². The summed E-state index contributed by atoms with van der Waals surface area (Å²) in [5, 5.41) is 6.94. The summed E-state index contributed by atoms with van der Waals surface area (Å²) in [5.41, 5.74) is 3.07. The van der Waals surface area contributed by atoms with Crippen LogP contribution in [-0.2, 0) is 11.2 Å². The first-order chi connectivity index (χ1) is 9.08. The zero-order chi connectivity index (χ0) is 13.8. The van der Waals surface area contributed by atoms with Crippen LogP contribution in [0.3, 0.4) is 0 Å². The zero-order valence-corrected chi connectivity index (χ0v) is 12.0. The Balaban J connectivity index is 1.92. The Morgan fingerprint density at radius 3 is 2.84 bits per heavy atom. The van der Waals surface area contributed by atoms with Gasteiger partial charge in [-0.1, -0.05) is 16.8 Å². The zero-order valence-electron chi connectivity index (χ0n) is 12.0. The van der Waals surface area contributed by atoms with Crippen LogP contribution in [0, 0.1) is 13.8 Å². The van der Waals surface area contributed by atoms with Crippen molar-refractivity contribution in [1.29, 1.82) is 0 Å². The first kappa shape index (κ1) is 13.8. The van der Waals surface area contributed by atoms with Gasteiger partial charge >= 0.3 is 0 Å². The van der Waals surface area contributed by atoms with Crippen molar-refractivity contribution in [3.05, 3.63) is 28.7 Å². The normalized spacial score (nSPS) is 16.9. The van der Waals surface area contributed by atoms with E-state index >= 15 is 0 Å². The predicted octanol–water partition coefficient (Wildman–Crippen LogP) is 2.84. The molecule has 104 valence electrons. The smallest absolute Gasteiger partial charge is 0.225 e. The van der Waals surface area contributed by atoms with Crippen molar-refractivity contribution in [3.63, 3.8) is 0 Å². The predicted molar refractivity (Wildman–Crippen MR) is 73.8 cm³/mol. The van der Waals surface area contributed by atoms with Gasteiger partial charge in [0.25, 0.3) is 0 Å². The molecule has 1 heterocycles. The Labute approximate surface area is 114 Å². The number of allylic oxidation sites excluding steroid dienone is 1. The van der Waals surface area contributed by atoms with Crippen LogP contribution in [0.5, 0.6) is 0 Å². The van der Waals surface area contributed by atoms with Gasteiger partial charge in [-0.3, -0.25) is 4.79 Å². The minimum Gasteiger partial charge on any atom is -0.361 e. The van der Waals surface area contributed by atoms with Crippen LogP contribution in [0.4, 0.5) is 0 Å². The van der Waals surface area contributed by atoms with Crippen molar-refractivity contribution in [1.82, 2.24) is 10.5 Å². The molecule has 1 aromatic rings. The standard InChI is InChI=1S/C15H22N2O2/c1-10(13-7-5-4-6-8-13)16-15(18)9-14-11(2)17-19-12(14)3/h7,10H,4-6,8-9H2,1-3H3,(H,16,18)/t10-/m1/s1. The molecule has 4 nitrogen and oxygen atoms in total. The molecule has 0 aliphatic heterocycles. The summed E-state index contributed by atoms with van der Waals surface area (Å²) in [7, 11) is 0. The molecule has 0 saturated carbocycles. The molecular weight excluding hydrogens is 240 g/mol. The van der Waals surface area contributed by atoms with Gasteiger partial charge in [-0.15, -0.1) is 0 Å². The van der Waals surface area contributed by atoms with Crippen molar-refractivity contribution >= 4 is 5.91 Å². The van der Waals surface area contributed by atoms with E-state index in [0.717, 1.165) is 29.9 Å². The molecule has 4 heteroatoms. The Morgan fingerprint density at radius 1 is 1.47 bits per heavy atom. The number of rotatable bonds is 4. The lowest BCUT2D eigenvalue weighted by Crippen LogP contribution is -2.35. The Bertz CT molecular complexity index is 469. The van der Waals surface area contributed by atoms with Crippen LogP contribution in [0.25, 0.3) is 0 Å². The highest BCUT2D eigenvalue weighted by Crippen LogP contribution is 2.20. The molecule has 1 N–H and O–H groups in total. The molecule has 0 saturated heterocycles. The number of nitrogens with zero attached hydrogens (tertiary/aromatic N) is 1. The van der Waals surface area contributed by atoms with E-state index in [2.05, 4.69) is 23.5 Å². The van der Waals surface area contributed by atoms with Crippen molar-refractivity contribution in [2.24, 2.45) is 0 Å². The first-order valence-electron chi connectivity index (χ1n) is 6.98. The largest absolute Gasteiger partial charge is 0.361 e. The second kappa shape index (κ2) is 6.04. The van der Waals surface area contributed by atoms with Crippen LogP contribution in [0.2, 0.25) is 0 Å². The summed E-state index contributed by atoms with van der Waals surface area (Å²) in [4.78, 5) is 12.1. The first-order valence-corrected chi connectivity index (χ1v) is 6.98. The van der Waals surface area contributed by atoms with E-state index in [4.69, 9.17) is 4.52 Å². The van der Waals surface area contributed by atoms with Gasteiger partial charge in [-0.25, -0.2) is 0 Å². The number of carbonyl (C=O) groups is 1. The van der Waals surface area contributed by atoms with Crippen LogP contribution in [-0.4, -0.2) is 17.1 Å². The van der Waals surface area contributed by atoms with Crippen LogP contribution < -0.4 is 5.32 Å². The Morgan fingerprint density at radius 2 is 2.26 bits per heavy atom. The molecular formula is C15H22N2O2. The monoisotopic (exact) mass is 262 g/mol. The van der Waals surface area contributed by atoms with Crippen molar-refractivity contribution in [3.8, 4) is 0 Å². The molecule has 0 unspecified atom stereocenters. The van der Waals surface area contributed by atoms with Gasteiger partial charge in [0.2, 0.25) is 5.91 Å².